The van der Waals surface area contributed by atoms with Crippen molar-refractivity contribution in [2.24, 2.45) is 0 Å². The smallest absolute Gasteiger partial charge is 0.203 e. The van der Waals surface area contributed by atoms with E-state index in [1.54, 1.807) is 72.8 Å². The highest BCUT2D eigenvalue weighted by Crippen LogP contribution is 2.56. The van der Waals surface area contributed by atoms with E-state index in [4.69, 9.17) is 32.9 Å². The Morgan fingerprint density at radius 3 is 1.71 bits per heavy atom. The molecular weight excluding hydrogens is 717 g/mol. The molecule has 2 aliphatic carbocycles. The fourth-order valence-electron chi connectivity index (χ4n) is 7.19. The van der Waals surface area contributed by atoms with Gasteiger partial charge in [0.1, 0.15) is 24.3 Å². The molecule has 0 heterocycles. The van der Waals surface area contributed by atoms with Crippen LogP contribution in [0, 0.1) is 89.5 Å². The predicted molar refractivity (Wildman–Crippen MR) is 217 cm³/mol. The van der Waals surface area contributed by atoms with Gasteiger partial charge in [0.15, 0.2) is 17.1 Å². The zero-order valence-electron chi connectivity index (χ0n) is 29.7. The summed E-state index contributed by atoms with van der Waals surface area (Å²) in [5, 5.41) is 50.9. The second-order valence-corrected chi connectivity index (χ2v) is 12.6. The van der Waals surface area contributed by atoms with Crippen LogP contribution < -0.4 is 0 Å². The third-order valence-corrected chi connectivity index (χ3v) is 9.77. The third-order valence-electron chi connectivity index (χ3n) is 9.77. The van der Waals surface area contributed by atoms with Gasteiger partial charge in [-0.1, -0.05) is 66.7 Å². The number of hydrogen-bond acceptors (Lipinski definition) is 5. The van der Waals surface area contributed by atoms with Gasteiger partial charge in [0.2, 0.25) is 11.4 Å². The van der Waals surface area contributed by atoms with Gasteiger partial charge in [0, 0.05) is 0 Å². The van der Waals surface area contributed by atoms with Crippen LogP contribution in [0.1, 0.15) is 61.2 Å². The zero-order chi connectivity index (χ0) is 41.1. The van der Waals surface area contributed by atoms with Crippen LogP contribution in [0.3, 0.4) is 0 Å². The van der Waals surface area contributed by atoms with Crippen LogP contribution in [0.15, 0.2) is 97.1 Å². The average molecular weight is 733 g/mol. The van der Waals surface area contributed by atoms with Crippen molar-refractivity contribution in [1.29, 1.82) is 26.3 Å². The van der Waals surface area contributed by atoms with Gasteiger partial charge < -0.3 is 0 Å². The summed E-state index contributed by atoms with van der Waals surface area (Å²) >= 11 is 0. The van der Waals surface area contributed by atoms with E-state index in [1.807, 2.05) is 12.1 Å². The summed E-state index contributed by atoms with van der Waals surface area (Å²) in [5.74, 6) is 0. The molecule has 0 spiro atoms. The highest BCUT2D eigenvalue weighted by molar-refractivity contribution is 6.33. The Labute approximate surface area is 332 Å². The van der Waals surface area contributed by atoms with Crippen LogP contribution in [0.4, 0.5) is 17.1 Å². The second-order valence-electron chi connectivity index (χ2n) is 12.6. The summed E-state index contributed by atoms with van der Waals surface area (Å²) in [6.07, 6.45) is 0. The summed E-state index contributed by atoms with van der Waals surface area (Å²) in [5.41, 5.74) is 6.20. The minimum atomic E-state index is 0.0379. The normalized spacial score (nSPS) is 13.6. The molecule has 7 rings (SSSR count). The molecule has 58 heavy (non-hydrogen) atoms. The van der Waals surface area contributed by atoms with Gasteiger partial charge in [-0.05, 0) is 97.1 Å². The Morgan fingerprint density at radius 2 is 1.12 bits per heavy atom. The van der Waals surface area contributed by atoms with E-state index >= 15 is 0 Å². The SMILES string of the molecule is [C-]#[N+]C1=C(c2ccc([N+]#[C-])cc2)/C(=C(/C#N)c2ccc([N+]#[C-])c([N+]#[C-])c2)c2cc3c(cc21)/C(=C(\[N+]#[C-])c1ccc(C#N)c(C#N)c1)C(c1ccc(C#N)cc1)=C3C#N. The lowest BCUT2D eigenvalue weighted by Crippen LogP contribution is -1.96. The summed E-state index contributed by atoms with van der Waals surface area (Å²) in [4.78, 5) is 18.3. The Hall–Kier alpha value is -10.0. The van der Waals surface area contributed by atoms with Gasteiger partial charge in [-0.25, -0.2) is 14.5 Å². The number of benzene rings is 5. The lowest BCUT2D eigenvalue weighted by Gasteiger charge is -2.15. The molecule has 0 atom stereocenters. The molecule has 0 bridgehead atoms. The number of rotatable bonds is 4. The first kappa shape index (κ1) is 36.3. The van der Waals surface area contributed by atoms with Crippen molar-refractivity contribution in [3.63, 3.8) is 0 Å². The second kappa shape index (κ2) is 14.8. The van der Waals surface area contributed by atoms with Gasteiger partial charge in [-0.2, -0.15) is 26.3 Å². The molecule has 0 N–H and O–H groups in total. The monoisotopic (exact) mass is 732 g/mol. The van der Waals surface area contributed by atoms with Gasteiger partial charge >= 0.3 is 0 Å². The van der Waals surface area contributed by atoms with Crippen LogP contribution in [0.5, 0.6) is 0 Å². The van der Waals surface area contributed by atoms with Crippen molar-refractivity contribution in [3.8, 4) is 30.3 Å². The first-order valence-electron chi connectivity index (χ1n) is 16.9. The van der Waals surface area contributed by atoms with Crippen LogP contribution in [-0.4, -0.2) is 0 Å². The van der Waals surface area contributed by atoms with Gasteiger partial charge in [-0.15, -0.1) is 0 Å². The number of hydrogen-bond donors (Lipinski definition) is 0. The molecule has 5 aromatic rings. The first-order chi connectivity index (χ1) is 28.3. The minimum absolute atomic E-state index is 0.0379. The van der Waals surface area contributed by atoms with Crippen LogP contribution in [-0.2, 0) is 0 Å². The van der Waals surface area contributed by atoms with E-state index in [2.05, 4.69) is 42.4 Å². The van der Waals surface area contributed by atoms with E-state index < -0.39 is 0 Å². The van der Waals surface area contributed by atoms with E-state index in [1.165, 1.54) is 24.3 Å². The van der Waals surface area contributed by atoms with Crippen LogP contribution in [0.25, 0.3) is 69.1 Å². The van der Waals surface area contributed by atoms with Crippen molar-refractivity contribution < 1.29 is 0 Å². The van der Waals surface area contributed by atoms with E-state index in [0.717, 1.165) is 0 Å². The highest BCUT2D eigenvalue weighted by Gasteiger charge is 2.37. The van der Waals surface area contributed by atoms with Gasteiger partial charge in [0.05, 0.1) is 66.8 Å². The van der Waals surface area contributed by atoms with Gasteiger partial charge in [-0.3, -0.25) is 9.69 Å². The number of allylic oxidation sites excluding steroid dienone is 6. The molecule has 2 aliphatic rings. The van der Waals surface area contributed by atoms with Gasteiger partial charge in [0.25, 0.3) is 0 Å². The highest BCUT2D eigenvalue weighted by atomic mass is 14.8. The standard InChI is InChI=1S/C48H16N10/c1-54-34-15-12-29(13-16-34)44-45(39(25-52)30-14-17-41(55-2)42(19-30)56-3)37-20-35-36(21-38(37)48(44)58-5)46(43(40(35)26-53)28-8-6-27(22-49)7-9-28)47(57-4)31-10-11-32(23-50)33(18-31)24-51/h6-21H/b45-39-,47-46+. The molecule has 10 heteroatoms. The number of nitrogens with zero attached hydrogens (tertiary/aromatic N) is 10. The van der Waals surface area contributed by atoms with E-state index in [9.17, 15) is 26.3 Å². The summed E-state index contributed by atoms with van der Waals surface area (Å²) < 4.78 is 0. The summed E-state index contributed by atoms with van der Waals surface area (Å²) in [7, 11) is 0. The Kier molecular flexibility index (Phi) is 9.25. The van der Waals surface area contributed by atoms with Crippen LogP contribution in [0.2, 0.25) is 0 Å². The molecule has 0 aliphatic heterocycles. The van der Waals surface area contributed by atoms with E-state index in [-0.39, 0.29) is 45.0 Å². The Bertz CT molecular complexity index is 3080. The lowest BCUT2D eigenvalue weighted by molar-refractivity contribution is 1.42. The van der Waals surface area contributed by atoms with Crippen molar-refractivity contribution in [2.75, 3.05) is 0 Å². The van der Waals surface area contributed by atoms with Crippen molar-refractivity contribution in [2.45, 2.75) is 0 Å². The summed E-state index contributed by atoms with van der Waals surface area (Å²) in [6.45, 7) is 39.7. The maximum absolute atomic E-state index is 10.9. The van der Waals surface area contributed by atoms with Crippen molar-refractivity contribution in [3.05, 3.63) is 215 Å². The lowest BCUT2D eigenvalue weighted by atomic mass is 9.87. The fourth-order valence-corrected chi connectivity index (χ4v) is 7.19. The molecule has 10 nitrogen and oxygen atoms in total. The number of fused-ring (bicyclic) bond motifs is 2. The van der Waals surface area contributed by atoms with E-state index in [0.29, 0.717) is 78.1 Å². The zero-order valence-corrected chi connectivity index (χ0v) is 29.7. The summed E-state index contributed by atoms with van der Waals surface area (Å²) in [6, 6.07) is 36.1. The molecule has 258 valence electrons. The molecule has 0 amide bonds. The molecule has 0 fully saturated rings. The first-order valence-corrected chi connectivity index (χ1v) is 16.9. The molecular formula is C48H16N10. The topological polar surface area (TPSA) is 141 Å². The molecule has 0 unspecified atom stereocenters. The largest absolute Gasteiger partial charge is 0.250 e. The maximum Gasteiger partial charge on any atom is 0.203 e. The molecule has 0 saturated carbocycles. The molecule has 5 aromatic carbocycles. The maximum atomic E-state index is 10.9. The predicted octanol–water partition coefficient (Wildman–Crippen LogP) is 11.4. The Morgan fingerprint density at radius 1 is 0.483 bits per heavy atom. The third kappa shape index (κ3) is 5.67. The molecule has 0 saturated heterocycles. The molecule has 0 aromatic heterocycles. The van der Waals surface area contributed by atoms with Crippen LogP contribution >= 0.6 is 0 Å². The van der Waals surface area contributed by atoms with Crippen molar-refractivity contribution in [1.82, 2.24) is 0 Å². The number of nitriles is 5. The van der Waals surface area contributed by atoms with Crippen molar-refractivity contribution >= 4 is 61.9 Å². The quantitative estimate of drug-likeness (QED) is 0.134. The average Bonchev–Trinajstić information content (AvgIpc) is 3.77. The fraction of sp³-hybridized carbons (Fsp3) is 0. The molecule has 0 radical (unpaired) electrons. The minimum Gasteiger partial charge on any atom is -0.250 e. The Balaban J connectivity index is 1.64.